The van der Waals surface area contributed by atoms with Crippen molar-refractivity contribution in [2.24, 2.45) is 17.8 Å². The lowest BCUT2D eigenvalue weighted by molar-refractivity contribution is -0.141. The summed E-state index contributed by atoms with van der Waals surface area (Å²) in [7, 11) is 0. The lowest BCUT2D eigenvalue weighted by atomic mass is 9.83. The second-order valence-electron chi connectivity index (χ2n) is 24.4. The number of carbonyl (C=O) groups is 2. The number of phenols is 1. The predicted octanol–water partition coefficient (Wildman–Crippen LogP) is 10.0. The standard InChI is InChI=1S/C63H75FN12O4S/c1-6-41-9-7-10-44-26-48(77)27-49(55(41)44)57-56(64)58-50(29-65-57)60(75-32-45-16-17-46(33-75)68-45)70-63(69-58)73-24-20-47(34-73)72-22-18-39(19-23-72)25-40-30-74(31-40)53-28-52(80-71-53)54(36(2)3)62(79)76-21-8-11-51(76)61(78)67-37(4)42-12-14-43(15-13-42)59-38(5)66-35-81-59/h7,9-10,12-15,26-29,35-37,39-40,45-47,51,54,68,77H,6,8,11,16-25,30-34H2,1-5H3,(H,67,78). The molecule has 3 N–H and O–H groups in total. The summed E-state index contributed by atoms with van der Waals surface area (Å²) >= 11 is 1.62. The average Bonchev–Trinajstić information content (AvgIpc) is 4.46. The highest BCUT2D eigenvalue weighted by Gasteiger charge is 2.42. The molecule has 2 bridgehead atoms. The number of benzene rings is 3. The topological polar surface area (TPSA) is 172 Å². The molecule has 7 aromatic rings. The summed E-state index contributed by atoms with van der Waals surface area (Å²) in [6.45, 7) is 17.8. The Kier molecular flexibility index (Phi) is 14.7. The lowest BCUT2D eigenvalue weighted by Crippen LogP contribution is -2.51. The van der Waals surface area contributed by atoms with Crippen LogP contribution in [0.4, 0.5) is 22.0 Å². The Labute approximate surface area is 477 Å². The molecular formula is C63H75FN12O4S. The van der Waals surface area contributed by atoms with Gasteiger partial charge in [0.1, 0.15) is 34.7 Å². The van der Waals surface area contributed by atoms with Gasteiger partial charge in [0, 0.05) is 81.8 Å². The Bertz CT molecular complexity index is 3450. The van der Waals surface area contributed by atoms with Crippen molar-refractivity contribution in [3.63, 3.8) is 0 Å². The van der Waals surface area contributed by atoms with Gasteiger partial charge in [-0.05, 0) is 142 Å². The first-order valence-electron chi connectivity index (χ1n) is 29.8. The average molecular weight is 1120 g/mol. The highest BCUT2D eigenvalue weighted by molar-refractivity contribution is 7.13. The van der Waals surface area contributed by atoms with Crippen LogP contribution in [0.3, 0.4) is 0 Å². The number of amides is 2. The Balaban J connectivity index is 0.622. The minimum Gasteiger partial charge on any atom is -0.508 e. The van der Waals surface area contributed by atoms with Gasteiger partial charge in [-0.2, -0.15) is 4.98 Å². The van der Waals surface area contributed by atoms with Crippen LogP contribution in [-0.4, -0.2) is 135 Å². The molecule has 6 aliphatic heterocycles. The van der Waals surface area contributed by atoms with Crippen molar-refractivity contribution in [1.29, 1.82) is 0 Å². The first kappa shape index (κ1) is 53.5. The molecule has 6 atom stereocenters. The van der Waals surface area contributed by atoms with E-state index in [4.69, 9.17) is 19.5 Å². The number of aryl methyl sites for hydroxylation is 2. The molecular weight excluding hydrogens is 1040 g/mol. The normalized spacial score (nSPS) is 22.6. The molecule has 0 radical (unpaired) electrons. The Morgan fingerprint density at radius 2 is 1.65 bits per heavy atom. The highest BCUT2D eigenvalue weighted by atomic mass is 32.1. The fraction of sp³-hybridized carbons (Fsp3) is 0.508. The molecule has 3 aromatic carbocycles. The second-order valence-corrected chi connectivity index (χ2v) is 25.3. The molecule has 18 heteroatoms. The minimum atomic E-state index is -0.541. The first-order chi connectivity index (χ1) is 39.3. The summed E-state index contributed by atoms with van der Waals surface area (Å²) < 4.78 is 23.4. The number of hydrogen-bond donors (Lipinski definition) is 3. The van der Waals surface area contributed by atoms with Crippen molar-refractivity contribution in [2.45, 2.75) is 129 Å². The second kappa shape index (κ2) is 22.2. The maximum absolute atomic E-state index is 17.4. The van der Waals surface area contributed by atoms with Crippen LogP contribution in [0, 0.1) is 30.5 Å². The maximum Gasteiger partial charge on any atom is 0.243 e. The molecule has 13 rings (SSSR count). The van der Waals surface area contributed by atoms with Crippen molar-refractivity contribution in [1.82, 2.24) is 45.5 Å². The van der Waals surface area contributed by atoms with E-state index in [1.165, 1.54) is 6.42 Å². The lowest BCUT2D eigenvalue weighted by Gasteiger charge is -2.43. The van der Waals surface area contributed by atoms with Crippen molar-refractivity contribution in [3.8, 4) is 27.4 Å². The number of nitrogens with zero attached hydrogens (tertiary/aromatic N) is 10. The smallest absolute Gasteiger partial charge is 0.243 e. The fourth-order valence-corrected chi connectivity index (χ4v) is 15.2. The van der Waals surface area contributed by atoms with E-state index in [1.54, 1.807) is 34.6 Å². The van der Waals surface area contributed by atoms with Crippen molar-refractivity contribution in [2.75, 3.05) is 73.6 Å². The fourth-order valence-electron chi connectivity index (χ4n) is 14.4. The third-order valence-electron chi connectivity index (χ3n) is 18.8. The molecule has 6 fully saturated rings. The zero-order chi connectivity index (χ0) is 55.6. The van der Waals surface area contributed by atoms with E-state index >= 15 is 4.39 Å². The molecule has 81 heavy (non-hydrogen) atoms. The number of piperidine rings is 1. The van der Waals surface area contributed by atoms with Crippen LogP contribution in [0.1, 0.15) is 114 Å². The Hall–Kier alpha value is -6.76. The largest absolute Gasteiger partial charge is 0.508 e. The quantitative estimate of drug-likeness (QED) is 0.0886. The molecule has 0 aliphatic carbocycles. The molecule has 10 heterocycles. The van der Waals surface area contributed by atoms with E-state index in [0.717, 1.165) is 147 Å². The molecule has 6 saturated heterocycles. The molecule has 16 nitrogen and oxygen atoms in total. The highest BCUT2D eigenvalue weighted by Crippen LogP contribution is 2.41. The number of anilines is 3. The van der Waals surface area contributed by atoms with E-state index in [0.29, 0.717) is 65.6 Å². The molecule has 6 unspecified atom stereocenters. The number of thiazole rings is 1. The molecule has 2 amide bonds. The zero-order valence-electron chi connectivity index (χ0n) is 47.3. The van der Waals surface area contributed by atoms with Crippen LogP contribution >= 0.6 is 11.3 Å². The Morgan fingerprint density at radius 1 is 0.864 bits per heavy atom. The van der Waals surface area contributed by atoms with Gasteiger partial charge in [-0.15, -0.1) is 11.3 Å². The van der Waals surface area contributed by atoms with Crippen LogP contribution in [0.2, 0.25) is 0 Å². The molecule has 0 spiro atoms. The number of nitrogens with one attached hydrogen (secondary N) is 2. The number of pyridine rings is 1. The van der Waals surface area contributed by atoms with Gasteiger partial charge in [-0.3, -0.25) is 19.5 Å². The summed E-state index contributed by atoms with van der Waals surface area (Å²) in [6, 6.07) is 19.9. The first-order valence-corrected chi connectivity index (χ1v) is 30.7. The van der Waals surface area contributed by atoms with Crippen LogP contribution in [0.25, 0.3) is 43.4 Å². The molecule has 6 aliphatic rings. The van der Waals surface area contributed by atoms with E-state index in [9.17, 15) is 14.7 Å². The van der Waals surface area contributed by atoms with Gasteiger partial charge in [-0.25, -0.2) is 14.4 Å². The third-order valence-corrected chi connectivity index (χ3v) is 19.8. The van der Waals surface area contributed by atoms with Crippen molar-refractivity contribution >= 4 is 62.4 Å². The van der Waals surface area contributed by atoms with Gasteiger partial charge in [-0.1, -0.05) is 68.4 Å². The number of aromatic nitrogens is 5. The number of aromatic hydroxyl groups is 1. The number of hydrogen-bond acceptors (Lipinski definition) is 15. The molecule has 4 aromatic heterocycles. The van der Waals surface area contributed by atoms with E-state index < -0.39 is 17.8 Å². The molecule has 424 valence electrons. The van der Waals surface area contributed by atoms with Gasteiger partial charge >= 0.3 is 0 Å². The van der Waals surface area contributed by atoms with Crippen LogP contribution in [-0.2, 0) is 16.0 Å². The maximum atomic E-state index is 17.4. The van der Waals surface area contributed by atoms with Gasteiger partial charge in [0.15, 0.2) is 17.4 Å². The van der Waals surface area contributed by atoms with Gasteiger partial charge < -0.3 is 39.9 Å². The van der Waals surface area contributed by atoms with Gasteiger partial charge in [0.2, 0.25) is 17.8 Å². The van der Waals surface area contributed by atoms with E-state index in [2.05, 4.69) is 77.6 Å². The SMILES string of the molecule is CCc1cccc2cc(O)cc(-c3ncc4c(N5CC6CCC(C5)N6)nc(N5CCC(N6CCC(CC7CN(c8cc(C(C(=O)N9CCCC9C(=O)NC(C)c9ccc(-c%10scnc%10C)cc9)C(C)C)on8)C7)CC6)C5)nc4c3F)c12. The van der Waals surface area contributed by atoms with Crippen LogP contribution in [0.15, 0.2) is 76.9 Å². The summed E-state index contributed by atoms with van der Waals surface area (Å²) in [5, 5.41) is 24.7. The summed E-state index contributed by atoms with van der Waals surface area (Å²) in [6.07, 6.45) is 10.6. The summed E-state index contributed by atoms with van der Waals surface area (Å²) in [5.74, 6) is 2.66. The molecule has 0 saturated carbocycles. The number of fused-ring (bicyclic) bond motifs is 4. The van der Waals surface area contributed by atoms with E-state index in [-0.39, 0.29) is 40.7 Å². The third kappa shape index (κ3) is 10.4. The summed E-state index contributed by atoms with van der Waals surface area (Å²) in [5.41, 5.74) is 7.09. The zero-order valence-corrected chi connectivity index (χ0v) is 48.1. The van der Waals surface area contributed by atoms with Crippen LogP contribution in [0.5, 0.6) is 5.75 Å². The number of likely N-dealkylation sites (tertiary alicyclic amines) is 2. The summed E-state index contributed by atoms with van der Waals surface area (Å²) in [4.78, 5) is 60.2. The van der Waals surface area contributed by atoms with Gasteiger partial charge in [0.05, 0.1) is 27.5 Å². The van der Waals surface area contributed by atoms with Crippen molar-refractivity contribution in [3.05, 3.63) is 101 Å². The van der Waals surface area contributed by atoms with Crippen LogP contribution < -0.4 is 25.3 Å². The predicted molar refractivity (Wildman–Crippen MR) is 316 cm³/mol. The van der Waals surface area contributed by atoms with E-state index in [1.807, 2.05) is 51.4 Å². The number of carbonyl (C=O) groups excluding carboxylic acids is 2. The monoisotopic (exact) mass is 1110 g/mol. The number of piperazine rings is 1. The number of phenolic OH excluding ortho intramolecular Hbond substituents is 1. The number of rotatable bonds is 15. The van der Waals surface area contributed by atoms with Gasteiger partial charge in [0.25, 0.3) is 0 Å². The van der Waals surface area contributed by atoms with Crippen molar-refractivity contribution < 1.29 is 23.6 Å². The Morgan fingerprint density at radius 3 is 2.40 bits per heavy atom. The minimum absolute atomic E-state index is 0.0496. The number of halogens is 1.